The summed E-state index contributed by atoms with van der Waals surface area (Å²) in [5.41, 5.74) is -0.0960. The van der Waals surface area contributed by atoms with Crippen molar-refractivity contribution >= 4 is 22.9 Å². The van der Waals surface area contributed by atoms with E-state index in [2.05, 4.69) is 10.3 Å². The first-order valence-electron chi connectivity index (χ1n) is 9.28. The molecule has 0 saturated carbocycles. The van der Waals surface area contributed by atoms with E-state index < -0.39 is 29.7 Å². The van der Waals surface area contributed by atoms with E-state index in [1.54, 1.807) is 13.8 Å². The first-order chi connectivity index (χ1) is 14.2. The van der Waals surface area contributed by atoms with Crippen molar-refractivity contribution in [2.45, 2.75) is 26.4 Å². The Morgan fingerprint density at radius 2 is 1.87 bits per heavy atom. The summed E-state index contributed by atoms with van der Waals surface area (Å²) in [4.78, 5) is 54.8. The van der Waals surface area contributed by atoms with E-state index in [0.29, 0.717) is 5.69 Å². The summed E-state index contributed by atoms with van der Waals surface area (Å²) in [7, 11) is 2.63. The van der Waals surface area contributed by atoms with Gasteiger partial charge in [-0.05, 0) is 25.5 Å². The molecule has 3 aromatic rings. The molecule has 156 valence electrons. The second kappa shape index (κ2) is 8.32. The zero-order chi connectivity index (χ0) is 22.0. The maximum absolute atomic E-state index is 13.1. The predicted octanol–water partition coefficient (Wildman–Crippen LogP) is 1.07. The predicted molar refractivity (Wildman–Crippen MR) is 110 cm³/mol. The van der Waals surface area contributed by atoms with Crippen molar-refractivity contribution in [1.29, 1.82) is 0 Å². The number of carbonyl (C=O) groups is 2. The van der Waals surface area contributed by atoms with E-state index in [1.807, 2.05) is 30.3 Å². The third-order valence-corrected chi connectivity index (χ3v) is 4.81. The molecule has 0 radical (unpaired) electrons. The number of aryl methyl sites for hydroxylation is 2. The van der Waals surface area contributed by atoms with Crippen LogP contribution in [-0.4, -0.2) is 33.1 Å². The molecular formula is C21H22N4O5. The second-order valence-corrected chi connectivity index (χ2v) is 6.93. The molecule has 0 saturated heterocycles. The molecule has 0 aliphatic carbocycles. The smallest absolute Gasteiger partial charge is 0.338 e. The highest BCUT2D eigenvalue weighted by Crippen LogP contribution is 2.15. The Balaban J connectivity index is 2.05. The third kappa shape index (κ3) is 3.86. The summed E-state index contributed by atoms with van der Waals surface area (Å²) in [5.74, 6) is -1.24. The highest BCUT2D eigenvalue weighted by atomic mass is 16.5. The Morgan fingerprint density at radius 3 is 2.50 bits per heavy atom. The van der Waals surface area contributed by atoms with Gasteiger partial charge in [0.2, 0.25) is 5.91 Å². The number of fused-ring (bicyclic) bond motifs is 1. The summed E-state index contributed by atoms with van der Waals surface area (Å²) in [5, 5.41) is 2.70. The summed E-state index contributed by atoms with van der Waals surface area (Å²) in [6, 6.07) is 10.4. The van der Waals surface area contributed by atoms with Crippen molar-refractivity contribution in [1.82, 2.24) is 19.4 Å². The normalized spacial score (nSPS) is 11.9. The fourth-order valence-corrected chi connectivity index (χ4v) is 3.27. The third-order valence-electron chi connectivity index (χ3n) is 4.81. The number of amides is 1. The number of methoxy groups -OCH3 is 1. The zero-order valence-corrected chi connectivity index (χ0v) is 17.1. The maximum Gasteiger partial charge on any atom is 0.338 e. The minimum absolute atomic E-state index is 0.00703. The van der Waals surface area contributed by atoms with Gasteiger partial charge in [0, 0.05) is 12.7 Å². The van der Waals surface area contributed by atoms with Crippen molar-refractivity contribution in [2.24, 2.45) is 7.05 Å². The molecule has 0 bridgehead atoms. The van der Waals surface area contributed by atoms with Gasteiger partial charge in [-0.15, -0.1) is 0 Å². The minimum atomic E-state index is -0.775. The number of nitrogens with zero attached hydrogens (tertiary/aromatic N) is 3. The van der Waals surface area contributed by atoms with Crippen LogP contribution in [0.1, 0.15) is 34.6 Å². The second-order valence-electron chi connectivity index (χ2n) is 6.93. The van der Waals surface area contributed by atoms with Crippen LogP contribution < -0.4 is 16.6 Å². The lowest BCUT2D eigenvalue weighted by Gasteiger charge is -2.16. The van der Waals surface area contributed by atoms with Crippen LogP contribution in [0.5, 0.6) is 0 Å². The number of carbonyl (C=O) groups excluding carboxylic acids is 2. The molecule has 2 aromatic heterocycles. The number of benzene rings is 1. The molecule has 9 nitrogen and oxygen atoms in total. The van der Waals surface area contributed by atoms with E-state index in [9.17, 15) is 19.2 Å². The Bertz CT molecular complexity index is 1240. The summed E-state index contributed by atoms with van der Waals surface area (Å²) in [6.07, 6.45) is 0. The number of hydrogen-bond acceptors (Lipinski definition) is 6. The number of esters is 1. The lowest BCUT2D eigenvalue weighted by atomic mass is 10.1. The van der Waals surface area contributed by atoms with Crippen LogP contribution in [0.25, 0.3) is 11.0 Å². The molecule has 9 heteroatoms. The average molecular weight is 410 g/mol. The molecule has 0 aliphatic rings. The van der Waals surface area contributed by atoms with Gasteiger partial charge in [-0.1, -0.05) is 30.3 Å². The lowest BCUT2D eigenvalue weighted by Crippen LogP contribution is -2.44. The van der Waals surface area contributed by atoms with Crippen LogP contribution in [0.2, 0.25) is 0 Å². The Kier molecular flexibility index (Phi) is 5.81. The van der Waals surface area contributed by atoms with Crippen molar-refractivity contribution in [3.05, 3.63) is 74.1 Å². The van der Waals surface area contributed by atoms with Gasteiger partial charge in [-0.25, -0.2) is 14.6 Å². The van der Waals surface area contributed by atoms with E-state index in [4.69, 9.17) is 4.74 Å². The van der Waals surface area contributed by atoms with Crippen molar-refractivity contribution in [2.75, 3.05) is 7.11 Å². The van der Waals surface area contributed by atoms with Crippen LogP contribution in [-0.2, 0) is 23.1 Å². The maximum atomic E-state index is 13.1. The van der Waals surface area contributed by atoms with Gasteiger partial charge in [0.25, 0.3) is 5.56 Å². The summed E-state index contributed by atoms with van der Waals surface area (Å²) >= 11 is 0. The Morgan fingerprint density at radius 1 is 1.20 bits per heavy atom. The molecule has 3 rings (SSSR count). The Labute approximate surface area is 171 Å². The number of rotatable bonds is 5. The largest absolute Gasteiger partial charge is 0.465 e. The molecule has 1 N–H and O–H groups in total. The number of hydrogen-bond donors (Lipinski definition) is 1. The zero-order valence-electron chi connectivity index (χ0n) is 17.1. The molecule has 2 heterocycles. The van der Waals surface area contributed by atoms with Gasteiger partial charge in [0.15, 0.2) is 0 Å². The lowest BCUT2D eigenvalue weighted by molar-refractivity contribution is -0.122. The number of nitrogens with one attached hydrogen (secondary N) is 1. The fraction of sp³-hybridized carbons (Fsp3) is 0.286. The molecule has 0 aliphatic heterocycles. The van der Waals surface area contributed by atoms with E-state index in [-0.39, 0.29) is 22.6 Å². The van der Waals surface area contributed by atoms with Crippen molar-refractivity contribution in [3.63, 3.8) is 0 Å². The van der Waals surface area contributed by atoms with Gasteiger partial charge >= 0.3 is 11.7 Å². The van der Waals surface area contributed by atoms with E-state index in [1.165, 1.54) is 20.2 Å². The Hall–Kier alpha value is -3.75. The molecule has 0 spiro atoms. The first kappa shape index (κ1) is 21.0. The minimum Gasteiger partial charge on any atom is -0.465 e. The van der Waals surface area contributed by atoms with E-state index >= 15 is 0 Å². The molecule has 0 fully saturated rings. The SMILES string of the molecule is COC(=O)c1cc(C)nc2c1c(=O)n(CC(=O)N[C@@H](C)c1ccccc1)c(=O)n2C. The van der Waals surface area contributed by atoms with E-state index in [0.717, 1.165) is 14.7 Å². The molecule has 1 aromatic carbocycles. The van der Waals surface area contributed by atoms with Crippen LogP contribution in [0.4, 0.5) is 0 Å². The highest BCUT2D eigenvalue weighted by molar-refractivity contribution is 6.02. The van der Waals surface area contributed by atoms with Gasteiger partial charge < -0.3 is 10.1 Å². The monoisotopic (exact) mass is 410 g/mol. The summed E-state index contributed by atoms with van der Waals surface area (Å²) in [6.45, 7) is 2.95. The molecule has 30 heavy (non-hydrogen) atoms. The fourth-order valence-electron chi connectivity index (χ4n) is 3.27. The van der Waals surface area contributed by atoms with Crippen LogP contribution >= 0.6 is 0 Å². The van der Waals surface area contributed by atoms with Gasteiger partial charge in [-0.3, -0.25) is 18.7 Å². The molecule has 0 unspecified atom stereocenters. The number of pyridine rings is 1. The quantitative estimate of drug-likeness (QED) is 0.630. The van der Waals surface area contributed by atoms with Crippen LogP contribution in [0, 0.1) is 6.92 Å². The highest BCUT2D eigenvalue weighted by Gasteiger charge is 2.22. The summed E-state index contributed by atoms with van der Waals surface area (Å²) < 4.78 is 6.70. The number of aromatic nitrogens is 3. The van der Waals surface area contributed by atoms with Crippen LogP contribution in [0.3, 0.4) is 0 Å². The first-order valence-corrected chi connectivity index (χ1v) is 9.28. The molecule has 1 amide bonds. The topological polar surface area (TPSA) is 112 Å². The standard InChI is InChI=1S/C21H22N4O5/c1-12-10-15(20(28)30-4)17-18(22-12)24(3)21(29)25(19(17)27)11-16(26)23-13(2)14-8-6-5-7-9-14/h5-10,13H,11H2,1-4H3,(H,23,26)/t13-/m0/s1. The van der Waals surface area contributed by atoms with Crippen molar-refractivity contribution < 1.29 is 14.3 Å². The molecular weight excluding hydrogens is 388 g/mol. The van der Waals surface area contributed by atoms with Crippen LogP contribution in [0.15, 0.2) is 46.0 Å². The number of ether oxygens (including phenoxy) is 1. The van der Waals surface area contributed by atoms with Gasteiger partial charge in [0.05, 0.1) is 24.1 Å². The average Bonchev–Trinajstić information content (AvgIpc) is 2.74. The van der Waals surface area contributed by atoms with Gasteiger partial charge in [-0.2, -0.15) is 0 Å². The van der Waals surface area contributed by atoms with Crippen molar-refractivity contribution in [3.8, 4) is 0 Å². The van der Waals surface area contributed by atoms with Gasteiger partial charge in [0.1, 0.15) is 12.2 Å². The molecule has 1 atom stereocenters.